The predicted molar refractivity (Wildman–Crippen MR) is 111 cm³/mol. The topological polar surface area (TPSA) is 66.2 Å². The maximum Gasteiger partial charge on any atom is 0.269 e. The molecule has 0 saturated carbocycles. The number of carbonyl (C=O) groups is 1. The van der Waals surface area contributed by atoms with Crippen molar-refractivity contribution in [1.82, 2.24) is 4.98 Å². The molecule has 2 aromatic carbocycles. The van der Waals surface area contributed by atoms with Gasteiger partial charge in [0.05, 0.1) is 17.3 Å². The van der Waals surface area contributed by atoms with Crippen LogP contribution in [0.4, 0.5) is 5.13 Å². The molecule has 0 aliphatic carbocycles. The Balaban J connectivity index is 1.77. The normalized spacial score (nSPS) is 11.3. The van der Waals surface area contributed by atoms with Crippen LogP contribution in [0.5, 0.6) is 5.75 Å². The van der Waals surface area contributed by atoms with Gasteiger partial charge in [0.2, 0.25) is 0 Å². The van der Waals surface area contributed by atoms with E-state index in [-0.39, 0.29) is 5.91 Å². The first kappa shape index (κ1) is 19.3. The molecule has 1 unspecified atom stereocenters. The van der Waals surface area contributed by atoms with E-state index in [0.29, 0.717) is 23.0 Å². The van der Waals surface area contributed by atoms with Crippen molar-refractivity contribution in [3.8, 4) is 23.1 Å². The Morgan fingerprint density at radius 2 is 2.00 bits per heavy atom. The molecule has 140 valence electrons. The molecule has 0 spiro atoms. The quantitative estimate of drug-likeness (QED) is 0.551. The summed E-state index contributed by atoms with van der Waals surface area (Å²) in [5.74, 6) is 0.320. The molecule has 0 radical (unpaired) electrons. The van der Waals surface area contributed by atoms with Crippen LogP contribution in [0.3, 0.4) is 0 Å². The fraction of sp³-hybridized carbons (Fsp3) is 0.136. The van der Waals surface area contributed by atoms with Crippen molar-refractivity contribution in [2.24, 2.45) is 0 Å². The Morgan fingerprint density at radius 1 is 1.29 bits per heavy atom. The highest BCUT2D eigenvalue weighted by Crippen LogP contribution is 2.28. The number of hydrogen-bond donors (Lipinski definition) is 0. The first-order chi connectivity index (χ1) is 13.6. The lowest BCUT2D eigenvalue weighted by molar-refractivity contribution is -0.124. The average Bonchev–Trinajstić information content (AvgIpc) is 3.22. The van der Waals surface area contributed by atoms with Crippen LogP contribution in [-0.4, -0.2) is 23.5 Å². The van der Waals surface area contributed by atoms with Crippen molar-refractivity contribution < 1.29 is 9.53 Å². The SMILES string of the molecule is C=CCN(C(=O)C(C)Oc1ccc(C#N)cc1)c1nc(-c2ccccc2)cs1. The molecule has 1 amide bonds. The molecule has 1 atom stereocenters. The first-order valence-electron chi connectivity index (χ1n) is 8.72. The van der Waals surface area contributed by atoms with Crippen LogP contribution in [0.2, 0.25) is 0 Å². The Morgan fingerprint density at radius 3 is 2.64 bits per heavy atom. The van der Waals surface area contributed by atoms with Crippen LogP contribution in [0.25, 0.3) is 11.3 Å². The van der Waals surface area contributed by atoms with Crippen molar-refractivity contribution in [2.45, 2.75) is 13.0 Å². The van der Waals surface area contributed by atoms with Gasteiger partial charge in [-0.25, -0.2) is 4.98 Å². The summed E-state index contributed by atoms with van der Waals surface area (Å²) in [6.45, 7) is 5.78. The summed E-state index contributed by atoms with van der Waals surface area (Å²) in [5.41, 5.74) is 2.36. The van der Waals surface area contributed by atoms with Crippen LogP contribution in [-0.2, 0) is 4.79 Å². The number of hydrogen-bond acceptors (Lipinski definition) is 5. The van der Waals surface area contributed by atoms with E-state index in [1.165, 1.54) is 11.3 Å². The molecule has 0 saturated heterocycles. The Labute approximate surface area is 168 Å². The number of thiazole rings is 1. The smallest absolute Gasteiger partial charge is 0.269 e. The van der Waals surface area contributed by atoms with E-state index < -0.39 is 6.10 Å². The van der Waals surface area contributed by atoms with Crippen molar-refractivity contribution in [1.29, 1.82) is 5.26 Å². The van der Waals surface area contributed by atoms with E-state index >= 15 is 0 Å². The standard InChI is InChI=1S/C22H19N3O2S/c1-3-13-25(22-24-20(15-28-22)18-7-5-4-6-8-18)21(26)16(2)27-19-11-9-17(14-23)10-12-19/h3-12,15-16H,1,13H2,2H3. The second-order valence-electron chi connectivity index (χ2n) is 6.02. The largest absolute Gasteiger partial charge is 0.481 e. The van der Waals surface area contributed by atoms with Gasteiger partial charge < -0.3 is 4.74 Å². The highest BCUT2D eigenvalue weighted by atomic mass is 32.1. The van der Waals surface area contributed by atoms with Crippen LogP contribution in [0.15, 0.2) is 72.6 Å². The second-order valence-corrected chi connectivity index (χ2v) is 6.85. The van der Waals surface area contributed by atoms with Gasteiger partial charge in [0.15, 0.2) is 11.2 Å². The number of nitrogens with zero attached hydrogens (tertiary/aromatic N) is 3. The summed E-state index contributed by atoms with van der Waals surface area (Å²) in [5, 5.41) is 11.4. The summed E-state index contributed by atoms with van der Waals surface area (Å²) in [7, 11) is 0. The number of anilines is 1. The van der Waals surface area contributed by atoms with Crippen LogP contribution in [0.1, 0.15) is 12.5 Å². The van der Waals surface area contributed by atoms with Crippen molar-refractivity contribution >= 4 is 22.4 Å². The molecule has 6 heteroatoms. The number of benzene rings is 2. The van der Waals surface area contributed by atoms with Gasteiger partial charge in [-0.2, -0.15) is 5.26 Å². The summed E-state index contributed by atoms with van der Waals surface area (Å²) in [6.07, 6.45) is 0.951. The molecule has 3 rings (SSSR count). The summed E-state index contributed by atoms with van der Waals surface area (Å²) >= 11 is 1.40. The average molecular weight is 389 g/mol. The zero-order chi connectivity index (χ0) is 19.9. The van der Waals surface area contributed by atoms with Crippen LogP contribution >= 0.6 is 11.3 Å². The lowest BCUT2D eigenvalue weighted by Crippen LogP contribution is -2.40. The van der Waals surface area contributed by atoms with Gasteiger partial charge in [-0.1, -0.05) is 36.4 Å². The predicted octanol–water partition coefficient (Wildman–Crippen LogP) is 4.67. The van der Waals surface area contributed by atoms with E-state index in [1.54, 1.807) is 42.2 Å². The number of rotatable bonds is 7. The molecule has 28 heavy (non-hydrogen) atoms. The van der Waals surface area contributed by atoms with E-state index in [9.17, 15) is 4.79 Å². The van der Waals surface area contributed by atoms with E-state index in [0.717, 1.165) is 11.3 Å². The van der Waals surface area contributed by atoms with Crippen LogP contribution in [0, 0.1) is 11.3 Å². The van der Waals surface area contributed by atoms with Crippen molar-refractivity contribution in [3.05, 3.63) is 78.2 Å². The van der Waals surface area contributed by atoms with Crippen molar-refractivity contribution in [2.75, 3.05) is 11.4 Å². The molecule has 0 aliphatic rings. The molecule has 0 N–H and O–H groups in total. The molecular weight excluding hydrogens is 370 g/mol. The van der Waals surface area contributed by atoms with E-state index in [2.05, 4.69) is 17.6 Å². The molecule has 0 bridgehead atoms. The minimum Gasteiger partial charge on any atom is -0.481 e. The molecule has 1 aromatic heterocycles. The Kier molecular flexibility index (Phi) is 6.20. The number of aromatic nitrogens is 1. The third kappa shape index (κ3) is 4.45. The summed E-state index contributed by atoms with van der Waals surface area (Å²) in [6, 6.07) is 18.5. The third-order valence-electron chi connectivity index (χ3n) is 4.01. The Hall–Kier alpha value is -3.43. The minimum absolute atomic E-state index is 0.210. The van der Waals surface area contributed by atoms with Gasteiger partial charge >= 0.3 is 0 Å². The summed E-state index contributed by atoms with van der Waals surface area (Å²) in [4.78, 5) is 19.2. The van der Waals surface area contributed by atoms with Gasteiger partial charge in [0.25, 0.3) is 5.91 Å². The Bertz CT molecular complexity index is 991. The lowest BCUT2D eigenvalue weighted by Gasteiger charge is -2.22. The van der Waals surface area contributed by atoms with Gasteiger partial charge in [0.1, 0.15) is 5.75 Å². The van der Waals surface area contributed by atoms with Crippen molar-refractivity contribution in [3.63, 3.8) is 0 Å². The molecule has 1 heterocycles. The van der Waals surface area contributed by atoms with Gasteiger partial charge in [-0.15, -0.1) is 17.9 Å². The zero-order valence-corrected chi connectivity index (χ0v) is 16.2. The van der Waals surface area contributed by atoms with E-state index in [4.69, 9.17) is 10.00 Å². The highest BCUT2D eigenvalue weighted by Gasteiger charge is 2.25. The molecule has 0 aliphatic heterocycles. The van der Waals surface area contributed by atoms with Crippen LogP contribution < -0.4 is 9.64 Å². The molecule has 0 fully saturated rings. The first-order valence-corrected chi connectivity index (χ1v) is 9.60. The van der Waals surface area contributed by atoms with Gasteiger partial charge in [-0.3, -0.25) is 9.69 Å². The molecule has 5 nitrogen and oxygen atoms in total. The van der Waals surface area contributed by atoms with Gasteiger partial charge in [-0.05, 0) is 31.2 Å². The maximum absolute atomic E-state index is 13.0. The fourth-order valence-corrected chi connectivity index (χ4v) is 3.45. The number of carbonyl (C=O) groups excluding carboxylic acids is 1. The second kappa shape index (κ2) is 8.98. The zero-order valence-electron chi connectivity index (χ0n) is 15.4. The number of ether oxygens (including phenoxy) is 1. The number of amides is 1. The highest BCUT2D eigenvalue weighted by molar-refractivity contribution is 7.14. The van der Waals surface area contributed by atoms with Gasteiger partial charge in [0, 0.05) is 17.5 Å². The number of nitriles is 1. The maximum atomic E-state index is 13.0. The molecule has 3 aromatic rings. The fourth-order valence-electron chi connectivity index (χ4n) is 2.60. The van der Waals surface area contributed by atoms with E-state index in [1.807, 2.05) is 35.7 Å². The third-order valence-corrected chi connectivity index (χ3v) is 4.88. The monoisotopic (exact) mass is 389 g/mol. The minimum atomic E-state index is -0.711. The molecular formula is C22H19N3O2S. The lowest BCUT2D eigenvalue weighted by atomic mass is 10.2. The summed E-state index contributed by atoms with van der Waals surface area (Å²) < 4.78 is 5.76.